The van der Waals surface area contributed by atoms with E-state index in [4.69, 9.17) is 15.0 Å². The molecule has 2 fully saturated rings. The van der Waals surface area contributed by atoms with Gasteiger partial charge in [-0.15, -0.1) is 11.3 Å². The SMILES string of the molecule is Cc1cc2sc(-c3c(C)nc(NCC4CC4)nc3N[C@@H]3C[C@H](CO)[C@@H](O)[C@H]3O)nc2c(C)n1. The lowest BCUT2D eigenvalue weighted by Crippen LogP contribution is -2.35. The smallest absolute Gasteiger partial charge is 0.224 e. The van der Waals surface area contributed by atoms with Gasteiger partial charge in [0, 0.05) is 24.8 Å². The van der Waals surface area contributed by atoms with Gasteiger partial charge in [0.1, 0.15) is 22.4 Å². The number of aromatic nitrogens is 4. The molecule has 4 atom stereocenters. The van der Waals surface area contributed by atoms with E-state index in [1.165, 1.54) is 12.8 Å². The van der Waals surface area contributed by atoms with Crippen LogP contribution >= 0.6 is 11.3 Å². The van der Waals surface area contributed by atoms with Crippen LogP contribution in [0.1, 0.15) is 36.3 Å². The number of anilines is 2. The minimum atomic E-state index is -1.00. The first-order valence-corrected chi connectivity index (χ1v) is 12.3. The van der Waals surface area contributed by atoms with Gasteiger partial charge >= 0.3 is 0 Å². The van der Waals surface area contributed by atoms with Crippen molar-refractivity contribution < 1.29 is 15.3 Å². The highest BCUT2D eigenvalue weighted by atomic mass is 32.1. The van der Waals surface area contributed by atoms with Crippen LogP contribution in [0, 0.1) is 32.6 Å². The first kappa shape index (κ1) is 22.4. The van der Waals surface area contributed by atoms with E-state index in [9.17, 15) is 15.3 Å². The number of nitrogens with zero attached hydrogens (tertiary/aromatic N) is 4. The van der Waals surface area contributed by atoms with E-state index >= 15 is 0 Å². The summed E-state index contributed by atoms with van der Waals surface area (Å²) in [4.78, 5) is 18.9. The molecular formula is C23H30N6O3S. The summed E-state index contributed by atoms with van der Waals surface area (Å²) in [6.45, 7) is 6.52. The van der Waals surface area contributed by atoms with E-state index in [0.29, 0.717) is 24.1 Å². The summed E-state index contributed by atoms with van der Waals surface area (Å²) >= 11 is 1.56. The van der Waals surface area contributed by atoms with Crippen LogP contribution in [0.25, 0.3) is 20.8 Å². The first-order valence-electron chi connectivity index (χ1n) is 11.4. The first-order chi connectivity index (χ1) is 15.8. The van der Waals surface area contributed by atoms with Crippen LogP contribution in [0.4, 0.5) is 11.8 Å². The topological polar surface area (TPSA) is 136 Å². The number of pyridine rings is 1. The maximum Gasteiger partial charge on any atom is 0.224 e. The molecule has 0 spiro atoms. The number of thiazole rings is 1. The van der Waals surface area contributed by atoms with Gasteiger partial charge in [-0.1, -0.05) is 0 Å². The fourth-order valence-corrected chi connectivity index (χ4v) is 5.74. The zero-order valence-corrected chi connectivity index (χ0v) is 19.9. The number of rotatable bonds is 7. The predicted octanol–water partition coefficient (Wildman–Crippen LogP) is 2.41. The monoisotopic (exact) mass is 470 g/mol. The van der Waals surface area contributed by atoms with E-state index in [2.05, 4.69) is 15.6 Å². The maximum absolute atomic E-state index is 10.6. The Kier molecular flexibility index (Phi) is 5.94. The van der Waals surface area contributed by atoms with Gasteiger partial charge in [0.15, 0.2) is 0 Å². The van der Waals surface area contributed by atoms with E-state index in [1.54, 1.807) is 11.3 Å². The lowest BCUT2D eigenvalue weighted by molar-refractivity contribution is 0.00446. The van der Waals surface area contributed by atoms with E-state index in [1.807, 2.05) is 26.8 Å². The Hall–Kier alpha value is -2.40. The molecule has 33 heavy (non-hydrogen) atoms. The Balaban J connectivity index is 1.55. The molecular weight excluding hydrogens is 440 g/mol. The standard InChI is InChI=1S/C23H30N6O3S/c1-10-6-16-18(12(3)25-10)28-22(33-16)17-11(2)26-23(24-8-13-4-5-13)29-21(17)27-15-7-14(9-30)19(31)20(15)32/h6,13-15,19-20,30-32H,4-5,7-9H2,1-3H3,(H2,24,26,27,29)/t14-,15-,19-,20+/m1/s1. The minimum absolute atomic E-state index is 0.177. The number of nitrogens with one attached hydrogen (secondary N) is 2. The normalized spacial score (nSPS) is 25.0. The maximum atomic E-state index is 10.6. The van der Waals surface area contributed by atoms with Crippen molar-refractivity contribution in [3.8, 4) is 10.6 Å². The molecule has 9 nitrogen and oxygen atoms in total. The van der Waals surface area contributed by atoms with Crippen molar-refractivity contribution in [2.75, 3.05) is 23.8 Å². The number of hydrogen-bond acceptors (Lipinski definition) is 10. The zero-order valence-electron chi connectivity index (χ0n) is 19.0. The molecule has 2 saturated carbocycles. The van der Waals surface area contributed by atoms with E-state index in [-0.39, 0.29) is 12.5 Å². The molecule has 0 saturated heterocycles. The third-order valence-electron chi connectivity index (χ3n) is 6.59. The number of fused-ring (bicyclic) bond motifs is 1. The van der Waals surface area contributed by atoms with Gasteiger partial charge in [-0.05, 0) is 52.0 Å². The summed E-state index contributed by atoms with van der Waals surface area (Å²) in [6, 6.07) is 1.59. The van der Waals surface area contributed by atoms with Crippen molar-refractivity contribution in [3.05, 3.63) is 23.1 Å². The summed E-state index contributed by atoms with van der Waals surface area (Å²) in [7, 11) is 0. The molecule has 2 aliphatic carbocycles. The average Bonchev–Trinajstić information content (AvgIpc) is 3.45. The molecule has 0 aromatic carbocycles. The van der Waals surface area contributed by atoms with Gasteiger partial charge < -0.3 is 26.0 Å². The third-order valence-corrected chi connectivity index (χ3v) is 7.61. The Morgan fingerprint density at radius 3 is 2.52 bits per heavy atom. The van der Waals surface area contributed by atoms with Gasteiger partial charge in [-0.3, -0.25) is 4.98 Å². The Bertz CT molecular complexity index is 1180. The molecule has 0 aliphatic heterocycles. The van der Waals surface area contributed by atoms with Crippen LogP contribution in [0.2, 0.25) is 0 Å². The van der Waals surface area contributed by atoms with Gasteiger partial charge in [0.25, 0.3) is 0 Å². The molecule has 176 valence electrons. The van der Waals surface area contributed by atoms with Crippen molar-refractivity contribution in [1.29, 1.82) is 0 Å². The van der Waals surface area contributed by atoms with Crippen LogP contribution < -0.4 is 10.6 Å². The van der Waals surface area contributed by atoms with Gasteiger partial charge in [0.2, 0.25) is 5.95 Å². The lowest BCUT2D eigenvalue weighted by Gasteiger charge is -2.21. The van der Waals surface area contributed by atoms with Crippen LogP contribution in [0.15, 0.2) is 6.07 Å². The average molecular weight is 471 g/mol. The minimum Gasteiger partial charge on any atom is -0.396 e. The summed E-state index contributed by atoms with van der Waals surface area (Å²) in [6.07, 6.45) is 0.905. The molecule has 0 bridgehead atoms. The van der Waals surface area contributed by atoms with Crippen LogP contribution in [0.3, 0.4) is 0 Å². The Morgan fingerprint density at radius 2 is 1.82 bits per heavy atom. The second kappa shape index (κ2) is 8.75. The molecule has 3 aromatic heterocycles. The van der Waals surface area contributed by atoms with E-state index in [0.717, 1.165) is 44.4 Å². The van der Waals surface area contributed by atoms with Gasteiger partial charge in [-0.2, -0.15) is 4.98 Å². The highest BCUT2D eigenvalue weighted by Crippen LogP contribution is 2.39. The summed E-state index contributed by atoms with van der Waals surface area (Å²) in [5.74, 6) is 1.39. The molecule has 5 rings (SSSR count). The van der Waals surface area contributed by atoms with Crippen LogP contribution in [-0.2, 0) is 0 Å². The highest BCUT2D eigenvalue weighted by Gasteiger charge is 2.41. The van der Waals surface area contributed by atoms with Crippen LogP contribution in [-0.4, -0.2) is 66.7 Å². The van der Waals surface area contributed by atoms with Crippen molar-refractivity contribution in [2.24, 2.45) is 11.8 Å². The summed E-state index contributed by atoms with van der Waals surface area (Å²) in [5.41, 5.74) is 4.24. The second-order valence-corrected chi connectivity index (χ2v) is 10.3. The molecule has 3 aromatic rings. The zero-order chi connectivity index (χ0) is 23.3. The van der Waals surface area contributed by atoms with Crippen molar-refractivity contribution in [1.82, 2.24) is 19.9 Å². The second-order valence-electron chi connectivity index (χ2n) is 9.31. The molecule has 10 heteroatoms. The predicted molar refractivity (Wildman–Crippen MR) is 128 cm³/mol. The van der Waals surface area contributed by atoms with E-state index < -0.39 is 18.2 Å². The highest BCUT2D eigenvalue weighted by molar-refractivity contribution is 7.21. The molecule has 0 amide bonds. The van der Waals surface area contributed by atoms with Gasteiger partial charge in [-0.25, -0.2) is 9.97 Å². The van der Waals surface area contributed by atoms with Crippen molar-refractivity contribution in [3.63, 3.8) is 0 Å². The molecule has 2 aliphatic rings. The summed E-state index contributed by atoms with van der Waals surface area (Å²) < 4.78 is 1.05. The number of aryl methyl sites for hydroxylation is 3. The number of aliphatic hydroxyl groups excluding tert-OH is 3. The van der Waals surface area contributed by atoms with Gasteiger partial charge in [0.05, 0.1) is 33.8 Å². The Morgan fingerprint density at radius 1 is 1.03 bits per heavy atom. The largest absolute Gasteiger partial charge is 0.396 e. The molecule has 5 N–H and O–H groups in total. The quantitative estimate of drug-likeness (QED) is 0.352. The van der Waals surface area contributed by atoms with Crippen molar-refractivity contribution >= 4 is 33.3 Å². The molecule has 3 heterocycles. The number of aliphatic hydroxyl groups is 3. The fraction of sp³-hybridized carbons (Fsp3) is 0.565. The third kappa shape index (κ3) is 4.40. The Labute approximate surface area is 196 Å². The van der Waals surface area contributed by atoms with Crippen molar-refractivity contribution in [2.45, 2.75) is 58.3 Å². The summed E-state index contributed by atoms with van der Waals surface area (Å²) in [5, 5.41) is 37.9. The lowest BCUT2D eigenvalue weighted by atomic mass is 10.1. The fourth-order valence-electron chi connectivity index (χ4n) is 4.53. The molecule has 0 radical (unpaired) electrons. The van der Waals surface area contributed by atoms with Crippen LogP contribution in [0.5, 0.6) is 0 Å². The number of hydrogen-bond donors (Lipinski definition) is 5. The molecule has 0 unspecified atom stereocenters.